The number of carbonyl (C=O) groups excluding carboxylic acids is 1. The van der Waals surface area contributed by atoms with E-state index in [-0.39, 0.29) is 23.2 Å². The molecule has 0 aliphatic carbocycles. The van der Waals surface area contributed by atoms with Crippen LogP contribution in [0.1, 0.15) is 30.5 Å². The Kier molecular flexibility index (Phi) is 6.73. The number of hydrogen-bond acceptors (Lipinski definition) is 3. The summed E-state index contributed by atoms with van der Waals surface area (Å²) in [4.78, 5) is 12.7. The van der Waals surface area contributed by atoms with Gasteiger partial charge in [0, 0.05) is 6.54 Å². The van der Waals surface area contributed by atoms with E-state index in [0.29, 0.717) is 5.56 Å². The first-order chi connectivity index (χ1) is 12.6. The van der Waals surface area contributed by atoms with Gasteiger partial charge in [-0.15, -0.1) is 0 Å². The van der Waals surface area contributed by atoms with E-state index in [1.54, 1.807) is 45.0 Å². The van der Waals surface area contributed by atoms with Gasteiger partial charge in [-0.1, -0.05) is 43.7 Å². The van der Waals surface area contributed by atoms with Gasteiger partial charge in [-0.25, -0.2) is 12.8 Å². The zero-order valence-electron chi connectivity index (χ0n) is 15.9. The molecule has 0 aromatic heterocycles. The molecular weight excluding hydrogens is 367 g/mol. The molecule has 0 unspecified atom stereocenters. The van der Waals surface area contributed by atoms with Gasteiger partial charge in [0.05, 0.1) is 4.90 Å². The first-order valence-corrected chi connectivity index (χ1v) is 10.2. The molecule has 2 N–H and O–H groups in total. The number of benzene rings is 2. The molecular formula is C20H25FN2O3S. The smallest absolute Gasteiger partial charge is 0.241 e. The first kappa shape index (κ1) is 21.1. The summed E-state index contributed by atoms with van der Waals surface area (Å²) in [5.41, 5.74) is 2.18. The highest BCUT2D eigenvalue weighted by molar-refractivity contribution is 7.89. The van der Waals surface area contributed by atoms with Crippen molar-refractivity contribution in [3.05, 3.63) is 65.0 Å². The van der Waals surface area contributed by atoms with Gasteiger partial charge in [0.1, 0.15) is 11.9 Å². The van der Waals surface area contributed by atoms with Crippen molar-refractivity contribution in [1.29, 1.82) is 0 Å². The second kappa shape index (κ2) is 8.63. The number of halogens is 1. The summed E-state index contributed by atoms with van der Waals surface area (Å²) in [7, 11) is -3.82. The van der Waals surface area contributed by atoms with Crippen molar-refractivity contribution in [1.82, 2.24) is 10.0 Å². The molecule has 0 aliphatic rings. The maximum Gasteiger partial charge on any atom is 0.241 e. The van der Waals surface area contributed by atoms with Gasteiger partial charge in [0.15, 0.2) is 0 Å². The fourth-order valence-electron chi connectivity index (χ4n) is 2.56. The van der Waals surface area contributed by atoms with Gasteiger partial charge < -0.3 is 5.32 Å². The van der Waals surface area contributed by atoms with E-state index in [9.17, 15) is 17.6 Å². The van der Waals surface area contributed by atoms with E-state index in [1.165, 1.54) is 18.2 Å². The topological polar surface area (TPSA) is 75.3 Å². The minimum Gasteiger partial charge on any atom is -0.351 e. The van der Waals surface area contributed by atoms with Crippen molar-refractivity contribution in [3.63, 3.8) is 0 Å². The van der Waals surface area contributed by atoms with Crippen molar-refractivity contribution in [2.24, 2.45) is 5.92 Å². The number of carbonyl (C=O) groups is 1. The maximum absolute atomic E-state index is 13.3. The summed E-state index contributed by atoms with van der Waals surface area (Å²) < 4.78 is 41.0. The predicted molar refractivity (Wildman–Crippen MR) is 103 cm³/mol. The lowest BCUT2D eigenvalue weighted by molar-refractivity contribution is -0.123. The molecule has 0 aliphatic heterocycles. The molecule has 27 heavy (non-hydrogen) atoms. The zero-order chi connectivity index (χ0) is 20.2. The van der Waals surface area contributed by atoms with Crippen LogP contribution in [0.5, 0.6) is 0 Å². The van der Waals surface area contributed by atoms with Crippen LogP contribution in [0.2, 0.25) is 0 Å². The number of aryl methyl sites for hydroxylation is 2. The van der Waals surface area contributed by atoms with Crippen LogP contribution in [-0.4, -0.2) is 20.4 Å². The molecule has 0 heterocycles. The van der Waals surface area contributed by atoms with Crippen LogP contribution in [-0.2, 0) is 21.4 Å². The molecule has 146 valence electrons. The van der Waals surface area contributed by atoms with Crippen LogP contribution in [0, 0.1) is 25.6 Å². The molecule has 0 fully saturated rings. The van der Waals surface area contributed by atoms with Gasteiger partial charge in [-0.3, -0.25) is 4.79 Å². The van der Waals surface area contributed by atoms with E-state index in [1.807, 2.05) is 6.92 Å². The average molecular weight is 392 g/mol. The molecule has 2 aromatic rings. The number of amides is 1. The summed E-state index contributed by atoms with van der Waals surface area (Å²) in [6, 6.07) is 10.1. The number of nitrogens with one attached hydrogen (secondary N) is 2. The van der Waals surface area contributed by atoms with Gasteiger partial charge in [0.2, 0.25) is 15.9 Å². The largest absolute Gasteiger partial charge is 0.351 e. The summed E-state index contributed by atoms with van der Waals surface area (Å²) in [5, 5.41) is 2.72. The second-order valence-electron chi connectivity index (χ2n) is 6.96. The standard InChI is InChI=1S/C20H25FN2O3S/c1-13(2)19(23-27(25,26)17-8-5-14(3)6-9-17)20(24)22-12-16-7-10-18(21)15(4)11-16/h5-11,13,19,23H,12H2,1-4H3,(H,22,24)/t19-/m0/s1. The van der Waals surface area contributed by atoms with Crippen LogP contribution in [0.4, 0.5) is 4.39 Å². The molecule has 2 aromatic carbocycles. The molecule has 5 nitrogen and oxygen atoms in total. The molecule has 0 saturated carbocycles. The first-order valence-electron chi connectivity index (χ1n) is 8.72. The van der Waals surface area contributed by atoms with E-state index in [2.05, 4.69) is 10.0 Å². The third-order valence-electron chi connectivity index (χ3n) is 4.25. The summed E-state index contributed by atoms with van der Waals surface area (Å²) in [5.74, 6) is -0.987. The Morgan fingerprint density at radius 3 is 2.26 bits per heavy atom. The second-order valence-corrected chi connectivity index (χ2v) is 8.67. The van der Waals surface area contributed by atoms with Crippen LogP contribution >= 0.6 is 0 Å². The third-order valence-corrected chi connectivity index (χ3v) is 5.71. The lowest BCUT2D eigenvalue weighted by atomic mass is 10.0. The summed E-state index contributed by atoms with van der Waals surface area (Å²) >= 11 is 0. The fraction of sp³-hybridized carbons (Fsp3) is 0.350. The Morgan fingerprint density at radius 2 is 1.70 bits per heavy atom. The van der Waals surface area contributed by atoms with Crippen LogP contribution in [0.15, 0.2) is 47.4 Å². The molecule has 0 bridgehead atoms. The number of hydrogen-bond donors (Lipinski definition) is 2. The average Bonchev–Trinajstić information content (AvgIpc) is 2.60. The van der Waals surface area contributed by atoms with Crippen molar-refractivity contribution >= 4 is 15.9 Å². The lowest BCUT2D eigenvalue weighted by Gasteiger charge is -2.22. The third kappa shape index (κ3) is 5.61. The highest BCUT2D eigenvalue weighted by Gasteiger charge is 2.28. The van der Waals surface area contributed by atoms with Gasteiger partial charge in [0.25, 0.3) is 0 Å². The fourth-order valence-corrected chi connectivity index (χ4v) is 3.90. The summed E-state index contributed by atoms with van der Waals surface area (Å²) in [6.45, 7) is 7.24. The Hall–Kier alpha value is -2.25. The van der Waals surface area contributed by atoms with E-state index >= 15 is 0 Å². The molecule has 0 spiro atoms. The SMILES string of the molecule is Cc1ccc(S(=O)(=O)N[C@H](C(=O)NCc2ccc(F)c(C)c2)C(C)C)cc1. The Labute approximate surface area is 160 Å². The van der Waals surface area contributed by atoms with Crippen molar-refractivity contribution in [2.45, 2.75) is 45.2 Å². The van der Waals surface area contributed by atoms with Crippen LogP contribution in [0.3, 0.4) is 0 Å². The van der Waals surface area contributed by atoms with Crippen molar-refractivity contribution < 1.29 is 17.6 Å². The summed E-state index contributed by atoms with van der Waals surface area (Å²) in [6.07, 6.45) is 0. The molecule has 7 heteroatoms. The Morgan fingerprint density at radius 1 is 1.07 bits per heavy atom. The zero-order valence-corrected chi connectivity index (χ0v) is 16.7. The van der Waals surface area contributed by atoms with Gasteiger partial charge in [-0.2, -0.15) is 4.72 Å². The lowest BCUT2D eigenvalue weighted by Crippen LogP contribution is -2.49. The van der Waals surface area contributed by atoms with Gasteiger partial charge in [-0.05, 0) is 49.1 Å². The predicted octanol–water partition coefficient (Wildman–Crippen LogP) is 3.06. The normalized spacial score (nSPS) is 12.8. The van der Waals surface area contributed by atoms with E-state index in [0.717, 1.165) is 11.1 Å². The van der Waals surface area contributed by atoms with Gasteiger partial charge >= 0.3 is 0 Å². The van der Waals surface area contributed by atoms with E-state index in [4.69, 9.17) is 0 Å². The maximum atomic E-state index is 13.3. The van der Waals surface area contributed by atoms with Crippen molar-refractivity contribution in [2.75, 3.05) is 0 Å². The van der Waals surface area contributed by atoms with Crippen molar-refractivity contribution in [3.8, 4) is 0 Å². The Bertz CT molecular complexity index is 909. The molecule has 1 amide bonds. The minimum absolute atomic E-state index is 0.112. The molecule has 2 rings (SSSR count). The number of sulfonamides is 1. The van der Waals surface area contributed by atoms with Crippen LogP contribution < -0.4 is 10.0 Å². The van der Waals surface area contributed by atoms with E-state index < -0.39 is 22.0 Å². The molecule has 0 radical (unpaired) electrons. The monoisotopic (exact) mass is 392 g/mol. The number of rotatable bonds is 7. The highest BCUT2D eigenvalue weighted by Crippen LogP contribution is 2.14. The minimum atomic E-state index is -3.82. The van der Waals surface area contributed by atoms with Crippen LogP contribution in [0.25, 0.3) is 0 Å². The molecule has 0 saturated heterocycles. The highest BCUT2D eigenvalue weighted by atomic mass is 32.2. The molecule has 1 atom stereocenters. The Balaban J connectivity index is 2.10. The quantitative estimate of drug-likeness (QED) is 0.760.